The maximum absolute atomic E-state index is 11.7. The lowest BCUT2D eigenvalue weighted by molar-refractivity contribution is -0.140. The van der Waals surface area contributed by atoms with Gasteiger partial charge in [0, 0.05) is 12.3 Å². The largest absolute Gasteiger partial charge is 0.481 e. The summed E-state index contributed by atoms with van der Waals surface area (Å²) in [7, 11) is -3.11. The third-order valence-electron chi connectivity index (χ3n) is 3.53. The fraction of sp³-hybridized carbons (Fsp3) is 0.818. The van der Waals surface area contributed by atoms with Gasteiger partial charge in [-0.1, -0.05) is 20.8 Å². The summed E-state index contributed by atoms with van der Waals surface area (Å²) in [5.41, 5.74) is -0.556. The molecule has 104 valence electrons. The van der Waals surface area contributed by atoms with Crippen LogP contribution in [0.1, 0.15) is 20.8 Å². The maximum atomic E-state index is 11.7. The first-order valence-electron chi connectivity index (χ1n) is 5.84. The molecule has 1 saturated carbocycles. The van der Waals surface area contributed by atoms with Crippen LogP contribution in [-0.2, 0) is 19.4 Å². The summed E-state index contributed by atoms with van der Waals surface area (Å²) in [6.45, 7) is 5.02. The summed E-state index contributed by atoms with van der Waals surface area (Å²) in [5.74, 6) is -2.69. The minimum Gasteiger partial charge on any atom is -0.481 e. The first-order chi connectivity index (χ1) is 8.13. The molecule has 1 aliphatic carbocycles. The number of rotatable bonds is 6. The molecule has 0 heterocycles. The van der Waals surface area contributed by atoms with Crippen molar-refractivity contribution in [2.24, 2.45) is 17.3 Å². The van der Waals surface area contributed by atoms with Crippen molar-refractivity contribution in [2.45, 2.75) is 20.8 Å². The molecule has 0 aromatic rings. The molecule has 1 fully saturated rings. The third kappa shape index (κ3) is 3.01. The smallest absolute Gasteiger partial charge is 0.307 e. The van der Waals surface area contributed by atoms with Crippen molar-refractivity contribution < 1.29 is 23.1 Å². The summed E-state index contributed by atoms with van der Waals surface area (Å²) in [6, 6.07) is 0. The Hall–Kier alpha value is -1.11. The van der Waals surface area contributed by atoms with E-state index in [1.54, 1.807) is 20.8 Å². The number of hydrogen-bond acceptors (Lipinski definition) is 4. The van der Waals surface area contributed by atoms with E-state index in [9.17, 15) is 18.0 Å². The zero-order valence-corrected chi connectivity index (χ0v) is 11.6. The fourth-order valence-corrected chi connectivity index (χ4v) is 2.87. The normalized spacial score (nSPS) is 25.5. The molecular formula is C11H19NO5S. The van der Waals surface area contributed by atoms with Gasteiger partial charge in [-0.2, -0.15) is 0 Å². The molecule has 0 aromatic heterocycles. The van der Waals surface area contributed by atoms with Crippen LogP contribution in [0.2, 0.25) is 0 Å². The summed E-state index contributed by atoms with van der Waals surface area (Å²) < 4.78 is 22.4. The lowest BCUT2D eigenvalue weighted by Gasteiger charge is -2.05. The summed E-state index contributed by atoms with van der Waals surface area (Å²) in [5, 5.41) is 11.4. The standard InChI is InChI=1S/C11H19NO5S/c1-4-18(16,17)6-5-12-9(13)7-8(10(14)15)11(7,2)3/h7-8H,4-6H2,1-3H3,(H,12,13)(H,14,15). The van der Waals surface area contributed by atoms with Crippen LogP contribution in [0, 0.1) is 17.3 Å². The second-order valence-corrected chi connectivity index (χ2v) is 7.62. The number of hydrogen-bond donors (Lipinski definition) is 2. The van der Waals surface area contributed by atoms with Crippen LogP contribution in [0.25, 0.3) is 0 Å². The van der Waals surface area contributed by atoms with Gasteiger partial charge in [-0.3, -0.25) is 9.59 Å². The molecule has 0 bridgehead atoms. The van der Waals surface area contributed by atoms with Gasteiger partial charge in [0.1, 0.15) is 0 Å². The average Bonchev–Trinajstić information content (AvgIpc) is 2.81. The predicted molar refractivity (Wildman–Crippen MR) is 65.7 cm³/mol. The van der Waals surface area contributed by atoms with E-state index in [0.29, 0.717) is 0 Å². The average molecular weight is 277 g/mol. The molecule has 2 N–H and O–H groups in total. The van der Waals surface area contributed by atoms with Crippen molar-refractivity contribution in [1.82, 2.24) is 5.32 Å². The molecule has 0 radical (unpaired) electrons. The van der Waals surface area contributed by atoms with Crippen molar-refractivity contribution in [2.75, 3.05) is 18.1 Å². The topological polar surface area (TPSA) is 101 Å². The van der Waals surface area contributed by atoms with Crippen LogP contribution in [0.3, 0.4) is 0 Å². The number of carbonyl (C=O) groups excluding carboxylic acids is 1. The molecule has 7 heteroatoms. The molecule has 1 amide bonds. The second kappa shape index (κ2) is 4.87. The summed E-state index contributed by atoms with van der Waals surface area (Å²) >= 11 is 0. The Bertz CT molecular complexity index is 454. The van der Waals surface area contributed by atoms with Crippen LogP contribution < -0.4 is 5.32 Å². The van der Waals surface area contributed by atoms with Gasteiger partial charge in [0.05, 0.1) is 17.6 Å². The number of carbonyl (C=O) groups is 2. The van der Waals surface area contributed by atoms with E-state index >= 15 is 0 Å². The van der Waals surface area contributed by atoms with E-state index in [1.807, 2.05) is 0 Å². The van der Waals surface area contributed by atoms with Gasteiger partial charge >= 0.3 is 5.97 Å². The molecule has 0 aromatic carbocycles. The molecule has 0 aliphatic heterocycles. The number of amides is 1. The first-order valence-corrected chi connectivity index (χ1v) is 7.66. The molecule has 1 aliphatic rings. The Kier molecular flexibility index (Phi) is 4.05. The van der Waals surface area contributed by atoms with E-state index in [1.165, 1.54) is 0 Å². The molecule has 2 unspecified atom stereocenters. The molecule has 0 saturated heterocycles. The highest BCUT2D eigenvalue weighted by molar-refractivity contribution is 7.91. The van der Waals surface area contributed by atoms with E-state index in [0.717, 1.165) is 0 Å². The number of carboxylic acids is 1. The van der Waals surface area contributed by atoms with E-state index in [-0.39, 0.29) is 24.0 Å². The molecular weight excluding hydrogens is 258 g/mol. The lowest BCUT2D eigenvalue weighted by Crippen LogP contribution is -2.32. The monoisotopic (exact) mass is 277 g/mol. The van der Waals surface area contributed by atoms with Crippen LogP contribution in [-0.4, -0.2) is 43.5 Å². The minimum absolute atomic E-state index is 0.0356. The van der Waals surface area contributed by atoms with Crippen molar-refractivity contribution in [1.29, 1.82) is 0 Å². The zero-order valence-electron chi connectivity index (χ0n) is 10.8. The van der Waals surface area contributed by atoms with E-state index in [2.05, 4.69) is 5.32 Å². The Morgan fingerprint density at radius 2 is 1.83 bits per heavy atom. The van der Waals surface area contributed by atoms with Crippen LogP contribution >= 0.6 is 0 Å². The molecule has 1 rings (SSSR count). The first kappa shape index (κ1) is 14.9. The Morgan fingerprint density at radius 1 is 1.28 bits per heavy atom. The van der Waals surface area contributed by atoms with Gasteiger partial charge in [0.25, 0.3) is 0 Å². The molecule has 2 atom stereocenters. The van der Waals surface area contributed by atoms with Gasteiger partial charge in [-0.15, -0.1) is 0 Å². The van der Waals surface area contributed by atoms with Crippen molar-refractivity contribution in [3.8, 4) is 0 Å². The third-order valence-corrected chi connectivity index (χ3v) is 5.23. The highest BCUT2D eigenvalue weighted by Crippen LogP contribution is 2.58. The Balaban J connectivity index is 2.47. The number of carboxylic acid groups (broad SMARTS) is 1. The van der Waals surface area contributed by atoms with Gasteiger partial charge in [0.15, 0.2) is 9.84 Å². The number of aliphatic carboxylic acids is 1. The summed E-state index contributed by atoms with van der Waals surface area (Å²) in [6.07, 6.45) is 0. The lowest BCUT2D eigenvalue weighted by atomic mass is 10.1. The SMILES string of the molecule is CCS(=O)(=O)CCNC(=O)C1C(C(=O)O)C1(C)C. The summed E-state index contributed by atoms with van der Waals surface area (Å²) in [4.78, 5) is 22.6. The van der Waals surface area contributed by atoms with E-state index < -0.39 is 33.1 Å². The van der Waals surface area contributed by atoms with E-state index in [4.69, 9.17) is 5.11 Å². The molecule has 6 nitrogen and oxygen atoms in total. The minimum atomic E-state index is -3.11. The zero-order chi connectivity index (χ0) is 14.1. The number of sulfone groups is 1. The van der Waals surface area contributed by atoms with Crippen molar-refractivity contribution in [3.63, 3.8) is 0 Å². The van der Waals surface area contributed by atoms with Crippen molar-refractivity contribution in [3.05, 3.63) is 0 Å². The highest BCUT2D eigenvalue weighted by Gasteiger charge is 2.65. The van der Waals surface area contributed by atoms with Crippen molar-refractivity contribution >= 4 is 21.7 Å². The predicted octanol–water partition coefficient (Wildman–Crippen LogP) is -0.106. The molecule has 0 spiro atoms. The van der Waals surface area contributed by atoms with Gasteiger partial charge < -0.3 is 10.4 Å². The molecule has 18 heavy (non-hydrogen) atoms. The highest BCUT2D eigenvalue weighted by atomic mass is 32.2. The van der Waals surface area contributed by atoms with Crippen LogP contribution in [0.5, 0.6) is 0 Å². The van der Waals surface area contributed by atoms with Crippen LogP contribution in [0.4, 0.5) is 0 Å². The quantitative estimate of drug-likeness (QED) is 0.705. The second-order valence-electron chi connectivity index (χ2n) is 5.14. The fourth-order valence-electron chi connectivity index (χ4n) is 2.17. The Morgan fingerprint density at radius 3 is 2.22 bits per heavy atom. The maximum Gasteiger partial charge on any atom is 0.307 e. The Labute approximate surface area is 107 Å². The van der Waals surface area contributed by atoms with Gasteiger partial charge in [-0.25, -0.2) is 8.42 Å². The van der Waals surface area contributed by atoms with Crippen LogP contribution in [0.15, 0.2) is 0 Å². The van der Waals surface area contributed by atoms with Gasteiger partial charge in [0.2, 0.25) is 5.91 Å². The number of nitrogens with one attached hydrogen (secondary N) is 1. The van der Waals surface area contributed by atoms with Gasteiger partial charge in [-0.05, 0) is 5.41 Å².